The van der Waals surface area contributed by atoms with Crippen molar-refractivity contribution in [1.29, 1.82) is 0 Å². The van der Waals surface area contributed by atoms with Crippen LogP contribution in [0, 0.1) is 6.92 Å². The average Bonchev–Trinajstić information content (AvgIpc) is 3.45. The highest BCUT2D eigenvalue weighted by molar-refractivity contribution is 6.46. The lowest BCUT2D eigenvalue weighted by atomic mass is 9.93. The molecule has 186 valence electrons. The number of carbonyl (C=O) groups excluding carboxylic acids is 2. The van der Waals surface area contributed by atoms with Crippen molar-refractivity contribution < 1.29 is 28.9 Å². The van der Waals surface area contributed by atoms with Gasteiger partial charge >= 0.3 is 0 Å². The highest BCUT2D eigenvalue weighted by atomic mass is 16.5. The third-order valence-corrected chi connectivity index (χ3v) is 6.74. The van der Waals surface area contributed by atoms with E-state index in [9.17, 15) is 14.7 Å². The number of rotatable bonds is 7. The minimum Gasteiger partial charge on any atom is -0.507 e. The van der Waals surface area contributed by atoms with E-state index < -0.39 is 17.7 Å². The molecule has 0 bridgehead atoms. The minimum absolute atomic E-state index is 0.00501. The Labute approximate surface area is 206 Å². The van der Waals surface area contributed by atoms with E-state index in [1.54, 1.807) is 42.3 Å². The first kappa shape index (κ1) is 24.6. The fourth-order valence-electron chi connectivity index (χ4n) is 5.18. The van der Waals surface area contributed by atoms with Crippen molar-refractivity contribution >= 4 is 17.4 Å². The molecule has 1 unspecified atom stereocenters. The highest BCUT2D eigenvalue weighted by Gasteiger charge is 2.50. The molecule has 7 heteroatoms. The summed E-state index contributed by atoms with van der Waals surface area (Å²) >= 11 is 0. The zero-order chi connectivity index (χ0) is 25.3. The number of Topliss-reactive ketones (excluding diaryl/α,β-unsaturated/α-hetero) is 1. The number of aliphatic hydroxyl groups excluding tert-OH is 1. The van der Waals surface area contributed by atoms with Gasteiger partial charge in [-0.05, 0) is 63.4 Å². The molecule has 1 heterocycles. The van der Waals surface area contributed by atoms with E-state index in [1.165, 1.54) is 7.11 Å². The second kappa shape index (κ2) is 10.0. The van der Waals surface area contributed by atoms with Crippen molar-refractivity contribution in [2.45, 2.75) is 64.6 Å². The lowest BCUT2D eigenvalue weighted by Gasteiger charge is -2.31. The van der Waals surface area contributed by atoms with E-state index in [-0.39, 0.29) is 23.5 Å². The summed E-state index contributed by atoms with van der Waals surface area (Å²) in [6, 6.07) is 9.78. The molecule has 2 fully saturated rings. The molecule has 0 spiro atoms. The van der Waals surface area contributed by atoms with E-state index >= 15 is 0 Å². The smallest absolute Gasteiger partial charge is 0.295 e. The number of carbonyl (C=O) groups is 2. The van der Waals surface area contributed by atoms with Crippen LogP contribution in [-0.2, 0) is 9.59 Å². The molecule has 1 atom stereocenters. The van der Waals surface area contributed by atoms with Crippen LogP contribution in [0.15, 0.2) is 42.0 Å². The first-order chi connectivity index (χ1) is 16.8. The summed E-state index contributed by atoms with van der Waals surface area (Å²) < 4.78 is 17.0. The molecular formula is C28H33NO6. The molecule has 1 saturated carbocycles. The Morgan fingerprint density at radius 1 is 1.03 bits per heavy atom. The number of hydrogen-bond donors (Lipinski definition) is 1. The first-order valence-electron chi connectivity index (χ1n) is 12.1. The van der Waals surface area contributed by atoms with Crippen molar-refractivity contribution in [3.05, 3.63) is 58.7 Å². The summed E-state index contributed by atoms with van der Waals surface area (Å²) in [5.74, 6) is 0.141. The van der Waals surface area contributed by atoms with Gasteiger partial charge in [-0.1, -0.05) is 25.0 Å². The van der Waals surface area contributed by atoms with Gasteiger partial charge < -0.3 is 24.2 Å². The van der Waals surface area contributed by atoms with Crippen molar-refractivity contribution in [2.75, 3.05) is 14.2 Å². The molecule has 0 aromatic heterocycles. The number of likely N-dealkylation sites (tertiary alicyclic amines) is 1. The summed E-state index contributed by atoms with van der Waals surface area (Å²) in [6.45, 7) is 5.77. The normalized spacial score (nSPS) is 20.1. The molecule has 4 rings (SSSR count). The lowest BCUT2D eigenvalue weighted by Crippen LogP contribution is -2.37. The van der Waals surface area contributed by atoms with Gasteiger partial charge in [0.25, 0.3) is 11.7 Å². The minimum atomic E-state index is -0.782. The zero-order valence-corrected chi connectivity index (χ0v) is 21.0. The van der Waals surface area contributed by atoms with Crippen molar-refractivity contribution in [3.8, 4) is 17.2 Å². The number of ketones is 1. The maximum Gasteiger partial charge on any atom is 0.295 e. The summed E-state index contributed by atoms with van der Waals surface area (Å²) in [5.41, 5.74) is 1.94. The molecule has 0 radical (unpaired) electrons. The van der Waals surface area contributed by atoms with Crippen LogP contribution in [0.4, 0.5) is 0 Å². The van der Waals surface area contributed by atoms with Crippen LogP contribution >= 0.6 is 0 Å². The van der Waals surface area contributed by atoms with Crippen LogP contribution in [0.3, 0.4) is 0 Å². The number of benzene rings is 2. The predicted octanol–water partition coefficient (Wildman–Crippen LogP) is 5.16. The van der Waals surface area contributed by atoms with E-state index in [2.05, 4.69) is 0 Å². The topological polar surface area (TPSA) is 85.3 Å². The number of hydrogen-bond acceptors (Lipinski definition) is 6. The molecule has 7 nitrogen and oxygen atoms in total. The molecule has 1 aliphatic carbocycles. The van der Waals surface area contributed by atoms with Gasteiger partial charge in [0.2, 0.25) is 0 Å². The van der Waals surface area contributed by atoms with Gasteiger partial charge in [0.1, 0.15) is 11.5 Å². The summed E-state index contributed by atoms with van der Waals surface area (Å²) in [5, 5.41) is 11.5. The Kier molecular flexibility index (Phi) is 7.05. The Balaban J connectivity index is 1.90. The summed E-state index contributed by atoms with van der Waals surface area (Å²) in [4.78, 5) is 28.4. The number of methoxy groups -OCH3 is 2. The van der Waals surface area contributed by atoms with Crippen LogP contribution in [-0.4, -0.2) is 48.1 Å². The number of para-hydroxylation sites is 1. The van der Waals surface area contributed by atoms with Crippen LogP contribution < -0.4 is 14.2 Å². The largest absolute Gasteiger partial charge is 0.507 e. The Hall–Kier alpha value is -3.48. The molecule has 1 N–H and O–H groups in total. The van der Waals surface area contributed by atoms with E-state index in [0.29, 0.717) is 28.4 Å². The molecule has 35 heavy (non-hydrogen) atoms. The molecule has 1 aliphatic heterocycles. The summed E-state index contributed by atoms with van der Waals surface area (Å²) in [7, 11) is 3.07. The van der Waals surface area contributed by atoms with E-state index in [0.717, 1.165) is 31.2 Å². The van der Waals surface area contributed by atoms with Gasteiger partial charge in [0, 0.05) is 17.2 Å². The van der Waals surface area contributed by atoms with Gasteiger partial charge in [0.15, 0.2) is 11.5 Å². The summed E-state index contributed by atoms with van der Waals surface area (Å²) in [6.07, 6.45) is 3.62. The number of aliphatic hydroxyl groups is 1. The fraction of sp³-hybridized carbons (Fsp3) is 0.429. The second-order valence-corrected chi connectivity index (χ2v) is 9.37. The number of aryl methyl sites for hydroxylation is 1. The molecular weight excluding hydrogens is 446 g/mol. The van der Waals surface area contributed by atoms with Crippen LogP contribution in [0.1, 0.15) is 62.3 Å². The Bertz CT molecular complexity index is 1160. The second-order valence-electron chi connectivity index (χ2n) is 9.37. The Morgan fingerprint density at radius 2 is 1.74 bits per heavy atom. The van der Waals surface area contributed by atoms with Crippen molar-refractivity contribution in [1.82, 2.24) is 4.90 Å². The van der Waals surface area contributed by atoms with Gasteiger partial charge in [0.05, 0.1) is 31.9 Å². The van der Waals surface area contributed by atoms with Gasteiger partial charge in [-0.15, -0.1) is 0 Å². The standard InChI is InChI=1S/C28H33NO6/c1-16(2)35-21-14-13-18(15-17(21)3)25(30)23-24(20-11-8-12-22(33-4)27(20)34-5)29(28(32)26(23)31)19-9-6-7-10-19/h8,11-16,19,24,30H,6-7,9-10H2,1-5H3/b25-23-. The molecule has 2 aliphatic rings. The predicted molar refractivity (Wildman–Crippen MR) is 133 cm³/mol. The van der Waals surface area contributed by atoms with E-state index in [4.69, 9.17) is 14.2 Å². The molecule has 1 amide bonds. The first-order valence-corrected chi connectivity index (χ1v) is 12.1. The fourth-order valence-corrected chi connectivity index (χ4v) is 5.18. The van der Waals surface area contributed by atoms with Gasteiger partial charge in [-0.3, -0.25) is 9.59 Å². The average molecular weight is 480 g/mol. The maximum absolute atomic E-state index is 13.4. The highest BCUT2D eigenvalue weighted by Crippen LogP contribution is 2.48. The molecule has 2 aromatic carbocycles. The quantitative estimate of drug-likeness (QED) is 0.335. The maximum atomic E-state index is 13.4. The van der Waals surface area contributed by atoms with Crippen molar-refractivity contribution in [3.63, 3.8) is 0 Å². The Morgan fingerprint density at radius 3 is 2.34 bits per heavy atom. The SMILES string of the molecule is COc1cccc(C2/C(=C(/O)c3ccc(OC(C)C)c(C)c3)C(=O)C(=O)N2C2CCCC2)c1OC. The number of ether oxygens (including phenoxy) is 3. The zero-order valence-electron chi connectivity index (χ0n) is 21.0. The van der Waals surface area contributed by atoms with Gasteiger partial charge in [-0.25, -0.2) is 0 Å². The van der Waals surface area contributed by atoms with Gasteiger partial charge in [-0.2, -0.15) is 0 Å². The molecule has 1 saturated heterocycles. The van der Waals surface area contributed by atoms with Crippen LogP contribution in [0.25, 0.3) is 5.76 Å². The third kappa shape index (κ3) is 4.47. The van der Waals surface area contributed by atoms with Crippen LogP contribution in [0.2, 0.25) is 0 Å². The number of amides is 1. The van der Waals surface area contributed by atoms with Crippen molar-refractivity contribution in [2.24, 2.45) is 0 Å². The molecule has 2 aromatic rings. The lowest BCUT2D eigenvalue weighted by molar-refractivity contribution is -0.141. The number of nitrogens with zero attached hydrogens (tertiary/aromatic N) is 1. The third-order valence-electron chi connectivity index (χ3n) is 6.74. The van der Waals surface area contributed by atoms with E-state index in [1.807, 2.05) is 26.8 Å². The monoisotopic (exact) mass is 479 g/mol. The van der Waals surface area contributed by atoms with Crippen LogP contribution in [0.5, 0.6) is 17.2 Å².